The van der Waals surface area contributed by atoms with Crippen molar-refractivity contribution < 1.29 is 14.3 Å². The molecule has 2 aromatic rings. The largest absolute Gasteiger partial charge is 0.497 e. The number of ether oxygens (including phenoxy) is 1. The zero-order valence-corrected chi connectivity index (χ0v) is 16.7. The zero-order valence-electron chi connectivity index (χ0n) is 16.7. The molecule has 5 heteroatoms. The summed E-state index contributed by atoms with van der Waals surface area (Å²) in [6.45, 7) is 4.00. The summed E-state index contributed by atoms with van der Waals surface area (Å²) in [5, 5.41) is 6.06. The Morgan fingerprint density at radius 1 is 0.857 bits per heavy atom. The molecular formula is C23H28N2O3. The molecule has 1 aliphatic rings. The van der Waals surface area contributed by atoms with Crippen LogP contribution in [0.3, 0.4) is 0 Å². The van der Waals surface area contributed by atoms with Crippen molar-refractivity contribution in [3.63, 3.8) is 0 Å². The van der Waals surface area contributed by atoms with Crippen LogP contribution in [0.5, 0.6) is 5.75 Å². The van der Waals surface area contributed by atoms with Crippen molar-refractivity contribution in [1.82, 2.24) is 0 Å². The maximum Gasteiger partial charge on any atom is 0.227 e. The van der Waals surface area contributed by atoms with Crippen LogP contribution in [0.25, 0.3) is 0 Å². The van der Waals surface area contributed by atoms with Crippen LogP contribution in [-0.4, -0.2) is 18.9 Å². The number of benzene rings is 2. The molecule has 5 nitrogen and oxygen atoms in total. The number of hydrogen-bond acceptors (Lipinski definition) is 3. The topological polar surface area (TPSA) is 67.4 Å². The number of carbonyl (C=O) groups is 2. The highest BCUT2D eigenvalue weighted by Gasteiger charge is 2.30. The van der Waals surface area contributed by atoms with Crippen LogP contribution in [0.15, 0.2) is 42.5 Å². The van der Waals surface area contributed by atoms with Gasteiger partial charge in [-0.1, -0.05) is 24.3 Å². The number of carbonyl (C=O) groups excluding carboxylic acids is 2. The maximum absolute atomic E-state index is 12.7. The molecule has 3 rings (SSSR count). The summed E-state index contributed by atoms with van der Waals surface area (Å²) in [6, 6.07) is 13.3. The Morgan fingerprint density at radius 2 is 1.39 bits per heavy atom. The van der Waals surface area contributed by atoms with Gasteiger partial charge in [0.25, 0.3) is 0 Å². The van der Waals surface area contributed by atoms with Crippen LogP contribution in [0, 0.1) is 25.7 Å². The third-order valence-corrected chi connectivity index (χ3v) is 5.54. The number of nitrogens with one attached hydrogen (secondary N) is 2. The molecule has 148 valence electrons. The summed E-state index contributed by atoms with van der Waals surface area (Å²) in [5.74, 6) is 0.686. The minimum absolute atomic E-state index is 0.0156. The molecule has 0 bridgehead atoms. The second-order valence-electron chi connectivity index (χ2n) is 7.53. The Bertz CT molecular complexity index is 834. The van der Waals surface area contributed by atoms with Gasteiger partial charge in [0.2, 0.25) is 11.8 Å². The number of methoxy groups -OCH3 is 1. The smallest absolute Gasteiger partial charge is 0.227 e. The van der Waals surface area contributed by atoms with Gasteiger partial charge >= 0.3 is 0 Å². The first-order valence-electron chi connectivity index (χ1n) is 9.80. The van der Waals surface area contributed by atoms with Crippen molar-refractivity contribution in [1.29, 1.82) is 0 Å². The monoisotopic (exact) mass is 380 g/mol. The van der Waals surface area contributed by atoms with E-state index in [1.54, 1.807) is 7.11 Å². The molecule has 2 amide bonds. The first-order chi connectivity index (χ1) is 13.5. The summed E-state index contributed by atoms with van der Waals surface area (Å²) in [5.41, 5.74) is 3.78. The molecule has 0 aliphatic heterocycles. The predicted molar refractivity (Wildman–Crippen MR) is 112 cm³/mol. The minimum atomic E-state index is -0.0598. The number of anilines is 2. The van der Waals surface area contributed by atoms with Gasteiger partial charge < -0.3 is 15.4 Å². The van der Waals surface area contributed by atoms with Crippen molar-refractivity contribution in [2.75, 3.05) is 17.7 Å². The summed E-state index contributed by atoms with van der Waals surface area (Å²) in [6.07, 6.45) is 2.90. The van der Waals surface area contributed by atoms with Gasteiger partial charge in [0, 0.05) is 29.3 Å². The number of aryl methyl sites for hydroxylation is 2. The van der Waals surface area contributed by atoms with E-state index in [4.69, 9.17) is 4.74 Å². The zero-order chi connectivity index (χ0) is 20.1. The van der Waals surface area contributed by atoms with E-state index in [2.05, 4.69) is 10.6 Å². The van der Waals surface area contributed by atoms with Gasteiger partial charge in [-0.25, -0.2) is 0 Å². The van der Waals surface area contributed by atoms with Gasteiger partial charge in [-0.15, -0.1) is 0 Å². The van der Waals surface area contributed by atoms with Gasteiger partial charge in [0.15, 0.2) is 0 Å². The second-order valence-corrected chi connectivity index (χ2v) is 7.53. The molecule has 1 aliphatic carbocycles. The highest BCUT2D eigenvalue weighted by Crippen LogP contribution is 2.31. The number of hydrogen-bond donors (Lipinski definition) is 2. The third kappa shape index (κ3) is 4.71. The summed E-state index contributed by atoms with van der Waals surface area (Å²) < 4.78 is 5.19. The number of para-hydroxylation sites is 1. The molecule has 2 aromatic carbocycles. The first kappa shape index (κ1) is 19.9. The molecule has 1 fully saturated rings. The average molecular weight is 380 g/mol. The van der Waals surface area contributed by atoms with Gasteiger partial charge in [-0.05, 0) is 62.8 Å². The lowest BCUT2D eigenvalue weighted by Crippen LogP contribution is -2.32. The van der Waals surface area contributed by atoms with E-state index in [1.165, 1.54) is 0 Å². The molecule has 2 N–H and O–H groups in total. The SMILES string of the molecule is COc1cccc(NC(=O)C2CCC(C(=O)Nc3c(C)cccc3C)CC2)c1. The lowest BCUT2D eigenvalue weighted by Gasteiger charge is -2.27. The van der Waals surface area contributed by atoms with Crippen molar-refractivity contribution in [2.45, 2.75) is 39.5 Å². The van der Waals surface area contributed by atoms with Gasteiger partial charge in [0.05, 0.1) is 7.11 Å². The molecule has 0 saturated heterocycles. The van der Waals surface area contributed by atoms with E-state index < -0.39 is 0 Å². The van der Waals surface area contributed by atoms with Crippen LogP contribution in [0.2, 0.25) is 0 Å². The van der Waals surface area contributed by atoms with Crippen LogP contribution < -0.4 is 15.4 Å². The Morgan fingerprint density at radius 3 is 1.96 bits per heavy atom. The van der Waals surface area contributed by atoms with Crippen LogP contribution in [0.4, 0.5) is 11.4 Å². The van der Waals surface area contributed by atoms with Crippen LogP contribution in [0.1, 0.15) is 36.8 Å². The Balaban J connectivity index is 1.53. The maximum atomic E-state index is 12.7. The highest BCUT2D eigenvalue weighted by atomic mass is 16.5. The summed E-state index contributed by atoms with van der Waals surface area (Å²) in [7, 11) is 1.60. The summed E-state index contributed by atoms with van der Waals surface area (Å²) >= 11 is 0. The van der Waals surface area contributed by atoms with E-state index in [0.717, 1.165) is 48.2 Å². The van der Waals surface area contributed by atoms with Crippen LogP contribution in [-0.2, 0) is 9.59 Å². The molecular weight excluding hydrogens is 352 g/mol. The lowest BCUT2D eigenvalue weighted by molar-refractivity contribution is -0.125. The fourth-order valence-corrected chi connectivity index (χ4v) is 3.80. The average Bonchev–Trinajstić information content (AvgIpc) is 2.71. The van der Waals surface area contributed by atoms with E-state index in [0.29, 0.717) is 5.75 Å². The predicted octanol–water partition coefficient (Wildman–Crippen LogP) is 4.70. The normalized spacial score (nSPS) is 19.0. The Hall–Kier alpha value is -2.82. The quantitative estimate of drug-likeness (QED) is 0.790. The number of amides is 2. The van der Waals surface area contributed by atoms with Gasteiger partial charge in [0.1, 0.15) is 5.75 Å². The fraction of sp³-hybridized carbons (Fsp3) is 0.391. The van der Waals surface area contributed by atoms with E-state index in [-0.39, 0.29) is 23.7 Å². The van der Waals surface area contributed by atoms with Gasteiger partial charge in [-0.2, -0.15) is 0 Å². The van der Waals surface area contributed by atoms with E-state index in [1.807, 2.05) is 56.3 Å². The first-order valence-corrected chi connectivity index (χ1v) is 9.80. The standard InChI is InChI=1S/C23H28N2O3/c1-15-6-4-7-16(2)21(15)25-23(27)18-12-10-17(11-13-18)22(26)24-19-8-5-9-20(14-19)28-3/h4-9,14,17-18H,10-13H2,1-3H3,(H,24,26)(H,25,27). The minimum Gasteiger partial charge on any atom is -0.497 e. The molecule has 0 aromatic heterocycles. The molecule has 1 saturated carbocycles. The Kier molecular flexibility index (Phi) is 6.34. The Labute approximate surface area is 166 Å². The second kappa shape index (κ2) is 8.91. The molecule has 28 heavy (non-hydrogen) atoms. The molecule has 0 atom stereocenters. The van der Waals surface area contributed by atoms with E-state index >= 15 is 0 Å². The molecule has 0 heterocycles. The molecule has 0 radical (unpaired) electrons. The van der Waals surface area contributed by atoms with Crippen molar-refractivity contribution >= 4 is 23.2 Å². The highest BCUT2D eigenvalue weighted by molar-refractivity contribution is 5.95. The number of rotatable bonds is 5. The van der Waals surface area contributed by atoms with Crippen molar-refractivity contribution in [3.8, 4) is 5.75 Å². The van der Waals surface area contributed by atoms with E-state index in [9.17, 15) is 9.59 Å². The van der Waals surface area contributed by atoms with Crippen LogP contribution >= 0.6 is 0 Å². The van der Waals surface area contributed by atoms with Crippen molar-refractivity contribution in [3.05, 3.63) is 53.6 Å². The summed E-state index contributed by atoms with van der Waals surface area (Å²) in [4.78, 5) is 25.3. The van der Waals surface area contributed by atoms with Crippen molar-refractivity contribution in [2.24, 2.45) is 11.8 Å². The lowest BCUT2D eigenvalue weighted by atomic mass is 9.81. The molecule has 0 spiro atoms. The van der Waals surface area contributed by atoms with Gasteiger partial charge in [-0.3, -0.25) is 9.59 Å². The molecule has 0 unspecified atom stereocenters. The fourth-order valence-electron chi connectivity index (χ4n) is 3.80. The third-order valence-electron chi connectivity index (χ3n) is 5.54.